The van der Waals surface area contributed by atoms with Gasteiger partial charge in [0.1, 0.15) is 0 Å². The molecule has 0 fully saturated rings. The molecule has 92 valence electrons. The first-order chi connectivity index (χ1) is 8.74. The third-order valence-corrected chi connectivity index (χ3v) is 4.85. The van der Waals surface area contributed by atoms with Gasteiger partial charge in [0.15, 0.2) is 0 Å². The zero-order valence-corrected chi connectivity index (χ0v) is 12.3. The molecule has 0 saturated carbocycles. The van der Waals surface area contributed by atoms with E-state index in [0.29, 0.717) is 0 Å². The number of hydrogen-bond acceptors (Lipinski definition) is 2. The molecule has 0 radical (unpaired) electrons. The first-order valence-corrected chi connectivity index (χ1v) is 8.42. The van der Waals surface area contributed by atoms with E-state index in [2.05, 4.69) is 55.5 Å². The van der Waals surface area contributed by atoms with Crippen LogP contribution in [0.4, 0.5) is 0 Å². The predicted octanol–water partition coefficient (Wildman–Crippen LogP) is 4.99. The van der Waals surface area contributed by atoms with Crippen LogP contribution in [0.1, 0.15) is 22.3 Å². The van der Waals surface area contributed by atoms with Crippen molar-refractivity contribution in [2.45, 2.75) is 25.4 Å². The van der Waals surface area contributed by atoms with Crippen LogP contribution >= 0.6 is 21.6 Å². The SMILES string of the molecule is Cc1c#cc(CSSCc2ccc(C)cc2)cc1. The zero-order chi connectivity index (χ0) is 12.8. The van der Waals surface area contributed by atoms with Gasteiger partial charge in [0, 0.05) is 17.1 Å². The van der Waals surface area contributed by atoms with Gasteiger partial charge in [-0.15, -0.1) is 0 Å². The molecular formula is C16H16S2. The Hall–Kier alpha value is -1.04. The molecule has 0 aromatic heterocycles. The van der Waals surface area contributed by atoms with Crippen molar-refractivity contribution in [3.05, 3.63) is 70.8 Å². The van der Waals surface area contributed by atoms with Crippen LogP contribution in [0.25, 0.3) is 0 Å². The molecule has 2 aromatic carbocycles. The second-order valence-electron chi connectivity index (χ2n) is 4.30. The Morgan fingerprint density at radius 1 is 0.833 bits per heavy atom. The van der Waals surface area contributed by atoms with Crippen molar-refractivity contribution in [1.82, 2.24) is 0 Å². The van der Waals surface area contributed by atoms with Gasteiger partial charge in [-0.2, -0.15) is 0 Å². The van der Waals surface area contributed by atoms with Gasteiger partial charge in [0.2, 0.25) is 0 Å². The Morgan fingerprint density at radius 2 is 1.56 bits per heavy atom. The molecule has 0 aliphatic carbocycles. The molecule has 2 aromatic rings. The quantitative estimate of drug-likeness (QED) is 0.556. The normalized spacial score (nSPS) is 10.1. The summed E-state index contributed by atoms with van der Waals surface area (Å²) in [5, 5.41) is 0. The summed E-state index contributed by atoms with van der Waals surface area (Å²) in [6, 6.07) is 19.3. The fraction of sp³-hybridized carbons (Fsp3) is 0.250. The molecule has 2 heteroatoms. The maximum absolute atomic E-state index is 3.18. The average Bonchev–Trinajstić information content (AvgIpc) is 2.39. The van der Waals surface area contributed by atoms with Gasteiger partial charge in [-0.3, -0.25) is 0 Å². The van der Waals surface area contributed by atoms with Gasteiger partial charge >= 0.3 is 0 Å². The number of benzene rings is 1. The highest BCUT2D eigenvalue weighted by Crippen LogP contribution is 2.28. The van der Waals surface area contributed by atoms with E-state index in [0.717, 1.165) is 17.1 Å². The van der Waals surface area contributed by atoms with Gasteiger partial charge in [-0.25, -0.2) is 0 Å². The molecule has 0 atom stereocenters. The van der Waals surface area contributed by atoms with E-state index in [-0.39, 0.29) is 0 Å². The number of aryl methyl sites for hydroxylation is 2. The van der Waals surface area contributed by atoms with Crippen LogP contribution in [-0.2, 0) is 11.5 Å². The van der Waals surface area contributed by atoms with E-state index < -0.39 is 0 Å². The molecule has 0 N–H and O–H groups in total. The summed E-state index contributed by atoms with van der Waals surface area (Å²) in [6.45, 7) is 4.16. The smallest absolute Gasteiger partial charge is 0.0368 e. The van der Waals surface area contributed by atoms with Crippen molar-refractivity contribution >= 4 is 21.6 Å². The summed E-state index contributed by atoms with van der Waals surface area (Å²) in [7, 11) is 3.77. The van der Waals surface area contributed by atoms with Crippen molar-refractivity contribution in [3.8, 4) is 0 Å². The number of rotatable bonds is 5. The Morgan fingerprint density at radius 3 is 2.22 bits per heavy atom. The molecule has 2 rings (SSSR count). The monoisotopic (exact) mass is 272 g/mol. The average molecular weight is 272 g/mol. The Labute approximate surface area is 118 Å². The van der Waals surface area contributed by atoms with Crippen molar-refractivity contribution in [2.75, 3.05) is 0 Å². The van der Waals surface area contributed by atoms with Crippen LogP contribution in [0.3, 0.4) is 0 Å². The fourth-order valence-electron chi connectivity index (χ4n) is 1.47. The van der Waals surface area contributed by atoms with Crippen LogP contribution in [0.2, 0.25) is 0 Å². The minimum Gasteiger partial charge on any atom is -0.0890 e. The maximum atomic E-state index is 3.18. The number of hydrogen-bond donors (Lipinski definition) is 0. The summed E-state index contributed by atoms with van der Waals surface area (Å²) in [6.07, 6.45) is 0. The zero-order valence-electron chi connectivity index (χ0n) is 10.7. The van der Waals surface area contributed by atoms with Gasteiger partial charge in [0.05, 0.1) is 0 Å². The Balaban J connectivity index is 1.73. The van der Waals surface area contributed by atoms with Gasteiger partial charge in [0.25, 0.3) is 0 Å². The highest BCUT2D eigenvalue weighted by Gasteiger charge is 1.96. The molecule has 18 heavy (non-hydrogen) atoms. The topological polar surface area (TPSA) is 0 Å². The fourth-order valence-corrected chi connectivity index (χ4v) is 3.55. The molecule has 0 spiro atoms. The van der Waals surface area contributed by atoms with Crippen LogP contribution < -0.4 is 0 Å². The molecule has 0 heterocycles. The van der Waals surface area contributed by atoms with Crippen molar-refractivity contribution in [2.24, 2.45) is 0 Å². The lowest BCUT2D eigenvalue weighted by molar-refractivity contribution is 1.37. The largest absolute Gasteiger partial charge is 0.0890 e. The summed E-state index contributed by atoms with van der Waals surface area (Å²) < 4.78 is 0. The highest BCUT2D eigenvalue weighted by atomic mass is 33.1. The lowest BCUT2D eigenvalue weighted by Crippen LogP contribution is -1.80. The van der Waals surface area contributed by atoms with Crippen molar-refractivity contribution in [3.63, 3.8) is 0 Å². The van der Waals surface area contributed by atoms with E-state index in [4.69, 9.17) is 0 Å². The molecule has 0 saturated heterocycles. The Bertz CT molecular complexity index is 424. The molecule has 0 nitrogen and oxygen atoms in total. The van der Waals surface area contributed by atoms with Crippen LogP contribution in [0.15, 0.2) is 36.4 Å². The molecule has 0 aliphatic heterocycles. The summed E-state index contributed by atoms with van der Waals surface area (Å²) >= 11 is 0. The van der Waals surface area contributed by atoms with E-state index in [9.17, 15) is 0 Å². The van der Waals surface area contributed by atoms with E-state index in [1.54, 1.807) is 0 Å². The van der Waals surface area contributed by atoms with Crippen molar-refractivity contribution < 1.29 is 0 Å². The molecule has 0 unspecified atom stereocenters. The van der Waals surface area contributed by atoms with Crippen LogP contribution in [0.5, 0.6) is 0 Å². The van der Waals surface area contributed by atoms with Gasteiger partial charge in [-0.05, 0) is 37.1 Å². The minimum atomic E-state index is 0.993. The standard InChI is InChI=1S/C16H16S2/c1-13-3-7-15(8-4-13)11-17-18-12-16-9-5-14(2)6-10-16/h3-5,7-9H,11-12H2,1-2H3. The predicted molar refractivity (Wildman–Crippen MR) is 82.6 cm³/mol. The molecule has 0 amide bonds. The van der Waals surface area contributed by atoms with Crippen molar-refractivity contribution in [1.29, 1.82) is 0 Å². The third-order valence-electron chi connectivity index (χ3n) is 2.60. The first kappa shape index (κ1) is 13.4. The molecular weight excluding hydrogens is 256 g/mol. The highest BCUT2D eigenvalue weighted by molar-refractivity contribution is 8.76. The summed E-state index contributed by atoms with van der Waals surface area (Å²) in [4.78, 5) is 0. The summed E-state index contributed by atoms with van der Waals surface area (Å²) in [5.41, 5.74) is 5.08. The molecule has 0 aliphatic rings. The lowest BCUT2D eigenvalue weighted by atomic mass is 10.2. The van der Waals surface area contributed by atoms with Crippen LogP contribution in [-0.4, -0.2) is 0 Å². The first-order valence-electron chi connectivity index (χ1n) is 5.93. The maximum Gasteiger partial charge on any atom is 0.0368 e. The summed E-state index contributed by atoms with van der Waals surface area (Å²) in [5.74, 6) is 2.05. The van der Waals surface area contributed by atoms with Gasteiger partial charge in [-0.1, -0.05) is 63.5 Å². The van der Waals surface area contributed by atoms with Crippen LogP contribution in [0, 0.1) is 26.0 Å². The third kappa shape index (κ3) is 4.33. The van der Waals surface area contributed by atoms with E-state index in [1.807, 2.05) is 28.5 Å². The second-order valence-corrected chi connectivity index (χ2v) is 6.76. The van der Waals surface area contributed by atoms with E-state index >= 15 is 0 Å². The molecule has 0 bridgehead atoms. The Kier molecular flexibility index (Phi) is 5.04. The van der Waals surface area contributed by atoms with Gasteiger partial charge < -0.3 is 0 Å². The second kappa shape index (κ2) is 6.78. The minimum absolute atomic E-state index is 0.993. The lowest BCUT2D eigenvalue weighted by Gasteiger charge is -2.01. The van der Waals surface area contributed by atoms with E-state index in [1.165, 1.54) is 16.7 Å².